The Bertz CT molecular complexity index is 613. The third-order valence-electron chi connectivity index (χ3n) is 3.17. The van der Waals surface area contributed by atoms with Gasteiger partial charge < -0.3 is 9.84 Å². The van der Waals surface area contributed by atoms with E-state index in [4.69, 9.17) is 16.3 Å². The highest BCUT2D eigenvalue weighted by atomic mass is 79.9. The van der Waals surface area contributed by atoms with E-state index in [9.17, 15) is 5.11 Å². The van der Waals surface area contributed by atoms with Gasteiger partial charge in [-0.25, -0.2) is 0 Å². The Morgan fingerprint density at radius 3 is 2.65 bits per heavy atom. The van der Waals surface area contributed by atoms with Gasteiger partial charge in [0.1, 0.15) is 5.75 Å². The summed E-state index contributed by atoms with van der Waals surface area (Å²) >= 11 is 9.35. The van der Waals surface area contributed by atoms with Crippen LogP contribution in [0.4, 0.5) is 0 Å². The fourth-order valence-corrected chi connectivity index (χ4v) is 3.10. The molecule has 0 amide bonds. The molecular weight excluding hydrogens is 340 g/mol. The van der Waals surface area contributed by atoms with Gasteiger partial charge in [-0.05, 0) is 36.2 Å². The molecule has 0 saturated carbocycles. The molecule has 0 fully saturated rings. The molecule has 0 aliphatic heterocycles. The lowest BCUT2D eigenvalue weighted by Crippen LogP contribution is -2.04. The zero-order valence-corrected chi connectivity index (χ0v) is 13.7. The van der Waals surface area contributed by atoms with Gasteiger partial charge in [0, 0.05) is 15.9 Å². The molecule has 0 aliphatic carbocycles. The van der Waals surface area contributed by atoms with Crippen LogP contribution >= 0.6 is 27.5 Å². The normalized spacial score (nSPS) is 12.2. The van der Waals surface area contributed by atoms with Crippen LogP contribution in [0.5, 0.6) is 5.75 Å². The summed E-state index contributed by atoms with van der Waals surface area (Å²) in [6.45, 7) is 2.02. The van der Waals surface area contributed by atoms with E-state index in [1.165, 1.54) is 0 Å². The second kappa shape index (κ2) is 6.61. The van der Waals surface area contributed by atoms with Crippen molar-refractivity contribution in [2.75, 3.05) is 7.11 Å². The number of benzene rings is 2. The molecule has 4 heteroatoms. The predicted octanol–water partition coefficient (Wildman–Crippen LogP) is 4.70. The molecule has 0 bridgehead atoms. The van der Waals surface area contributed by atoms with Gasteiger partial charge in [-0.2, -0.15) is 0 Å². The van der Waals surface area contributed by atoms with Crippen LogP contribution in [0.3, 0.4) is 0 Å². The number of halogens is 2. The Morgan fingerprint density at radius 2 is 2.00 bits per heavy atom. The van der Waals surface area contributed by atoms with Gasteiger partial charge in [-0.15, -0.1) is 0 Å². The maximum Gasteiger partial charge on any atom is 0.122 e. The van der Waals surface area contributed by atoms with Crippen LogP contribution in [-0.4, -0.2) is 12.2 Å². The molecular formula is C16H16BrClO2. The van der Waals surface area contributed by atoms with Gasteiger partial charge in [0.2, 0.25) is 0 Å². The fourth-order valence-electron chi connectivity index (χ4n) is 2.16. The van der Waals surface area contributed by atoms with Crippen LogP contribution in [0.25, 0.3) is 0 Å². The quantitative estimate of drug-likeness (QED) is 0.861. The molecule has 1 unspecified atom stereocenters. The van der Waals surface area contributed by atoms with E-state index in [0.717, 1.165) is 26.9 Å². The Balaban J connectivity index is 2.27. The van der Waals surface area contributed by atoms with Crippen LogP contribution in [0.15, 0.2) is 40.9 Å². The van der Waals surface area contributed by atoms with E-state index >= 15 is 0 Å². The average molecular weight is 356 g/mol. The number of rotatable bonds is 4. The first-order valence-electron chi connectivity index (χ1n) is 6.28. The minimum atomic E-state index is -0.614. The minimum absolute atomic E-state index is 0.491. The lowest BCUT2D eigenvalue weighted by Gasteiger charge is -2.16. The number of aliphatic hydroxyl groups is 1. The second-order valence-electron chi connectivity index (χ2n) is 4.70. The van der Waals surface area contributed by atoms with Gasteiger partial charge in [0.15, 0.2) is 0 Å². The number of aryl methyl sites for hydroxylation is 1. The Hall–Kier alpha value is -1.03. The van der Waals surface area contributed by atoms with E-state index in [-0.39, 0.29) is 0 Å². The molecule has 20 heavy (non-hydrogen) atoms. The number of methoxy groups -OCH3 is 1. The summed E-state index contributed by atoms with van der Waals surface area (Å²) in [4.78, 5) is 0. The highest BCUT2D eigenvalue weighted by Gasteiger charge is 2.15. The molecule has 1 atom stereocenters. The summed E-state index contributed by atoms with van der Waals surface area (Å²) in [6, 6.07) is 11.3. The third kappa shape index (κ3) is 3.54. The number of hydrogen-bond acceptors (Lipinski definition) is 2. The van der Waals surface area contributed by atoms with Crippen molar-refractivity contribution in [2.45, 2.75) is 19.4 Å². The summed E-state index contributed by atoms with van der Waals surface area (Å²) in [5.74, 6) is 0.791. The monoisotopic (exact) mass is 354 g/mol. The Kier molecular flexibility index (Phi) is 5.08. The van der Waals surface area contributed by atoms with E-state index in [1.54, 1.807) is 19.2 Å². The first kappa shape index (κ1) is 15.4. The summed E-state index contributed by atoms with van der Waals surface area (Å²) in [5.41, 5.74) is 2.95. The maximum absolute atomic E-state index is 10.4. The van der Waals surface area contributed by atoms with Crippen LogP contribution in [0, 0.1) is 6.92 Å². The smallest absolute Gasteiger partial charge is 0.122 e. The van der Waals surface area contributed by atoms with Crippen molar-refractivity contribution < 1.29 is 9.84 Å². The van der Waals surface area contributed by atoms with Crippen molar-refractivity contribution in [1.82, 2.24) is 0 Å². The lowest BCUT2D eigenvalue weighted by atomic mass is 9.99. The van der Waals surface area contributed by atoms with Crippen molar-refractivity contribution in [3.05, 3.63) is 62.6 Å². The largest absolute Gasteiger partial charge is 0.496 e. The molecule has 2 rings (SSSR count). The zero-order chi connectivity index (χ0) is 14.7. The first-order chi connectivity index (χ1) is 9.51. The van der Waals surface area contributed by atoms with Crippen molar-refractivity contribution in [2.24, 2.45) is 0 Å². The molecule has 0 aromatic heterocycles. The highest BCUT2D eigenvalue weighted by Crippen LogP contribution is 2.31. The number of aliphatic hydroxyl groups excluding tert-OH is 1. The number of hydrogen-bond donors (Lipinski definition) is 1. The molecule has 0 saturated heterocycles. The van der Waals surface area contributed by atoms with Crippen molar-refractivity contribution >= 4 is 27.5 Å². The van der Waals surface area contributed by atoms with Gasteiger partial charge >= 0.3 is 0 Å². The van der Waals surface area contributed by atoms with Gasteiger partial charge in [-0.3, -0.25) is 0 Å². The average Bonchev–Trinajstić information content (AvgIpc) is 2.38. The van der Waals surface area contributed by atoms with E-state index in [2.05, 4.69) is 15.9 Å². The number of ether oxygens (including phenoxy) is 1. The Morgan fingerprint density at radius 1 is 1.25 bits per heavy atom. The highest BCUT2D eigenvalue weighted by molar-refractivity contribution is 9.10. The van der Waals surface area contributed by atoms with Crippen molar-refractivity contribution in [3.8, 4) is 5.75 Å². The molecule has 0 aliphatic rings. The minimum Gasteiger partial charge on any atom is -0.496 e. The van der Waals surface area contributed by atoms with E-state index in [1.807, 2.05) is 31.2 Å². The van der Waals surface area contributed by atoms with Gasteiger partial charge in [0.05, 0.1) is 13.2 Å². The van der Waals surface area contributed by atoms with E-state index in [0.29, 0.717) is 11.4 Å². The van der Waals surface area contributed by atoms with Crippen molar-refractivity contribution in [3.63, 3.8) is 0 Å². The summed E-state index contributed by atoms with van der Waals surface area (Å²) in [5, 5.41) is 11.1. The van der Waals surface area contributed by atoms with E-state index < -0.39 is 6.10 Å². The summed E-state index contributed by atoms with van der Waals surface area (Å²) < 4.78 is 6.15. The first-order valence-corrected chi connectivity index (χ1v) is 7.45. The predicted molar refractivity (Wildman–Crippen MR) is 85.5 cm³/mol. The molecule has 0 heterocycles. The van der Waals surface area contributed by atoms with Gasteiger partial charge in [-0.1, -0.05) is 51.3 Å². The van der Waals surface area contributed by atoms with Crippen molar-refractivity contribution in [1.29, 1.82) is 0 Å². The van der Waals surface area contributed by atoms with Crippen LogP contribution in [0.1, 0.15) is 22.8 Å². The standard InChI is InChI=1S/C16H16BrClO2/c1-10-3-6-16(20-2)11(7-10)8-15(19)13-5-4-12(18)9-14(13)17/h3-7,9,15,19H,8H2,1-2H3. The third-order valence-corrected chi connectivity index (χ3v) is 4.09. The maximum atomic E-state index is 10.4. The van der Waals surface area contributed by atoms with Gasteiger partial charge in [0.25, 0.3) is 0 Å². The summed E-state index contributed by atoms with van der Waals surface area (Å²) in [7, 11) is 1.64. The topological polar surface area (TPSA) is 29.5 Å². The lowest BCUT2D eigenvalue weighted by molar-refractivity contribution is 0.176. The second-order valence-corrected chi connectivity index (χ2v) is 5.99. The Labute approximate surface area is 132 Å². The molecule has 2 aromatic carbocycles. The fraction of sp³-hybridized carbons (Fsp3) is 0.250. The van der Waals surface area contributed by atoms with Crippen LogP contribution in [0.2, 0.25) is 5.02 Å². The molecule has 0 radical (unpaired) electrons. The SMILES string of the molecule is COc1ccc(C)cc1CC(O)c1ccc(Cl)cc1Br. The summed E-state index contributed by atoms with van der Waals surface area (Å²) in [6.07, 6.45) is -0.122. The molecule has 2 nitrogen and oxygen atoms in total. The molecule has 2 aromatic rings. The molecule has 106 valence electrons. The molecule has 1 N–H and O–H groups in total. The van der Waals surface area contributed by atoms with Crippen LogP contribution in [-0.2, 0) is 6.42 Å². The molecule has 0 spiro atoms. The zero-order valence-electron chi connectivity index (χ0n) is 11.4. The van der Waals surface area contributed by atoms with Crippen LogP contribution < -0.4 is 4.74 Å².